The minimum Gasteiger partial charge on any atom is -0.464 e. The number of hydrazine groups is 1. The van der Waals surface area contributed by atoms with Crippen molar-refractivity contribution in [2.24, 2.45) is 22.7 Å². The van der Waals surface area contributed by atoms with Gasteiger partial charge in [0.25, 0.3) is 5.91 Å². The Bertz CT molecular complexity index is 1160. The fraction of sp³-hybridized carbons (Fsp3) is 0.320. The van der Waals surface area contributed by atoms with Crippen LogP contribution in [0.3, 0.4) is 0 Å². The van der Waals surface area contributed by atoms with Crippen LogP contribution in [0.15, 0.2) is 53.7 Å². The van der Waals surface area contributed by atoms with Crippen LogP contribution in [-0.4, -0.2) is 35.9 Å². The highest BCUT2D eigenvalue weighted by molar-refractivity contribution is 6.01. The van der Waals surface area contributed by atoms with Gasteiger partial charge in [0.05, 0.1) is 36.1 Å². The van der Waals surface area contributed by atoms with Crippen molar-refractivity contribution < 1.29 is 19.1 Å². The lowest BCUT2D eigenvalue weighted by Gasteiger charge is -2.32. The molecule has 0 atom stereocenters. The molecule has 1 aliphatic rings. The third kappa shape index (κ3) is 5.90. The van der Waals surface area contributed by atoms with Crippen molar-refractivity contribution in [1.82, 2.24) is 5.01 Å². The van der Waals surface area contributed by atoms with Crippen LogP contribution < -0.4 is 16.5 Å². The molecule has 184 valence electrons. The van der Waals surface area contributed by atoms with E-state index in [1.54, 1.807) is 43.0 Å². The summed E-state index contributed by atoms with van der Waals surface area (Å²) < 4.78 is 5.28. The van der Waals surface area contributed by atoms with Crippen molar-refractivity contribution in [1.29, 1.82) is 0 Å². The predicted octanol–water partition coefficient (Wildman–Crippen LogP) is 2.77. The van der Waals surface area contributed by atoms with Crippen LogP contribution >= 0.6 is 0 Å². The summed E-state index contributed by atoms with van der Waals surface area (Å²) in [5.41, 5.74) is 10.2. The second kappa shape index (κ2) is 11.4. The summed E-state index contributed by atoms with van der Waals surface area (Å²) in [6.07, 6.45) is -0.438. The van der Waals surface area contributed by atoms with Gasteiger partial charge in [-0.05, 0) is 11.6 Å². The van der Waals surface area contributed by atoms with Crippen molar-refractivity contribution in [3.05, 3.63) is 70.1 Å². The molecule has 10 heteroatoms. The Kier molecular flexibility index (Phi) is 8.32. The van der Waals surface area contributed by atoms with E-state index in [9.17, 15) is 19.3 Å². The molecule has 0 saturated carbocycles. The third-order valence-corrected chi connectivity index (χ3v) is 5.63. The Morgan fingerprint density at radius 2 is 1.71 bits per heavy atom. The first-order valence-corrected chi connectivity index (χ1v) is 11.3. The van der Waals surface area contributed by atoms with E-state index in [0.717, 1.165) is 11.1 Å². The molecular formula is C25H29N5O5. The van der Waals surface area contributed by atoms with Crippen LogP contribution in [0.5, 0.6) is 0 Å². The topological polar surface area (TPSA) is 148 Å². The van der Waals surface area contributed by atoms with Gasteiger partial charge in [-0.15, -0.1) is 4.91 Å². The van der Waals surface area contributed by atoms with Crippen LogP contribution in [0.2, 0.25) is 0 Å². The van der Waals surface area contributed by atoms with Gasteiger partial charge in [-0.2, -0.15) is 0 Å². The van der Waals surface area contributed by atoms with Crippen molar-refractivity contribution in [2.45, 2.75) is 33.2 Å². The molecule has 2 aromatic rings. The Labute approximate surface area is 203 Å². The van der Waals surface area contributed by atoms with E-state index in [1.165, 1.54) is 5.01 Å². The molecule has 0 fully saturated rings. The molecule has 0 saturated heterocycles. The smallest absolute Gasteiger partial charge is 0.308 e. The molecule has 0 aliphatic carbocycles. The number of amides is 2. The monoisotopic (exact) mass is 479 g/mol. The Balaban J connectivity index is 2.03. The zero-order chi connectivity index (χ0) is 25.5. The number of rotatable bonds is 8. The summed E-state index contributed by atoms with van der Waals surface area (Å²) in [5.74, 6) is 4.64. The van der Waals surface area contributed by atoms with Gasteiger partial charge >= 0.3 is 5.97 Å². The maximum Gasteiger partial charge on any atom is 0.308 e. The number of fused-ring (bicyclic) bond motifs is 2. The number of nitroso groups, excluding NO2 is 1. The molecule has 4 N–H and O–H groups in total. The van der Waals surface area contributed by atoms with Gasteiger partial charge in [-0.25, -0.2) is 5.84 Å². The van der Waals surface area contributed by atoms with Gasteiger partial charge in [-0.3, -0.25) is 14.4 Å². The summed E-state index contributed by atoms with van der Waals surface area (Å²) in [4.78, 5) is 48.3. The number of ether oxygens (including phenoxy) is 1. The lowest BCUT2D eigenvalue weighted by Crippen LogP contribution is -2.38. The molecular weight excluding hydrogens is 450 g/mol. The summed E-state index contributed by atoms with van der Waals surface area (Å²) in [6.45, 7) is 3.99. The molecule has 1 heterocycles. The van der Waals surface area contributed by atoms with E-state index in [0.29, 0.717) is 22.6 Å². The van der Waals surface area contributed by atoms with Gasteiger partial charge in [0.15, 0.2) is 0 Å². The van der Waals surface area contributed by atoms with Gasteiger partial charge < -0.3 is 20.4 Å². The zero-order valence-corrected chi connectivity index (χ0v) is 19.8. The van der Waals surface area contributed by atoms with E-state index >= 15 is 0 Å². The number of esters is 1. The van der Waals surface area contributed by atoms with Crippen molar-refractivity contribution in [3.63, 3.8) is 0 Å². The van der Waals surface area contributed by atoms with Crippen LogP contribution in [-0.2, 0) is 25.7 Å². The number of hydrogen-bond acceptors (Lipinski definition) is 8. The van der Waals surface area contributed by atoms with Gasteiger partial charge in [0.1, 0.15) is 6.61 Å². The summed E-state index contributed by atoms with van der Waals surface area (Å²) in [5, 5.41) is 3.82. The minimum absolute atomic E-state index is 0.0809. The van der Waals surface area contributed by atoms with Crippen molar-refractivity contribution >= 4 is 34.9 Å². The standard InChI is InChI=1S/C25H29N5O5/c1-16(2)25(33)35-14-13-30(27)24-18-8-4-3-7-17(18)15-29(22(32)12-11-21(31)28-34)20-10-6-5-9-19(20)23(24)26/h3-10,16H,11-15,26-27H2,1-2H3/b24-23-. The fourth-order valence-corrected chi connectivity index (χ4v) is 3.80. The van der Waals surface area contributed by atoms with E-state index in [2.05, 4.69) is 5.18 Å². The summed E-state index contributed by atoms with van der Waals surface area (Å²) in [6, 6.07) is 14.5. The zero-order valence-electron chi connectivity index (χ0n) is 19.8. The number of anilines is 1. The second-order valence-corrected chi connectivity index (χ2v) is 8.42. The molecule has 3 rings (SSSR count). The molecule has 1 aliphatic heterocycles. The average Bonchev–Trinajstić information content (AvgIpc) is 2.85. The Morgan fingerprint density at radius 3 is 2.40 bits per heavy atom. The van der Waals surface area contributed by atoms with Crippen LogP contribution in [0.1, 0.15) is 43.4 Å². The van der Waals surface area contributed by atoms with Crippen molar-refractivity contribution in [3.8, 4) is 0 Å². The van der Waals surface area contributed by atoms with Crippen LogP contribution in [0.25, 0.3) is 11.4 Å². The van der Waals surface area contributed by atoms with E-state index in [1.807, 2.05) is 24.3 Å². The summed E-state index contributed by atoms with van der Waals surface area (Å²) in [7, 11) is 0. The lowest BCUT2D eigenvalue weighted by atomic mass is 9.95. The highest BCUT2D eigenvalue weighted by Crippen LogP contribution is 2.36. The first-order chi connectivity index (χ1) is 16.7. The number of nitrogens with zero attached hydrogens (tertiary/aromatic N) is 3. The van der Waals surface area contributed by atoms with Crippen LogP contribution in [0.4, 0.5) is 5.69 Å². The maximum absolute atomic E-state index is 13.1. The number of para-hydroxylation sites is 1. The predicted molar refractivity (Wildman–Crippen MR) is 132 cm³/mol. The Hall–Kier alpha value is -4.05. The Morgan fingerprint density at radius 1 is 1.06 bits per heavy atom. The first-order valence-electron chi connectivity index (χ1n) is 11.3. The molecule has 0 aromatic heterocycles. The highest BCUT2D eigenvalue weighted by Gasteiger charge is 2.28. The molecule has 0 bridgehead atoms. The quantitative estimate of drug-likeness (QED) is 0.254. The van der Waals surface area contributed by atoms with Crippen molar-refractivity contribution in [2.75, 3.05) is 18.1 Å². The number of benzene rings is 2. The maximum atomic E-state index is 13.1. The largest absolute Gasteiger partial charge is 0.464 e. The molecule has 2 aromatic carbocycles. The normalized spacial score (nSPS) is 14.9. The number of carbonyl (C=O) groups excluding carboxylic acids is 3. The first kappa shape index (κ1) is 25.6. The molecule has 0 radical (unpaired) electrons. The number of hydrogen-bond donors (Lipinski definition) is 2. The molecule has 0 spiro atoms. The van der Waals surface area contributed by atoms with Gasteiger partial charge in [0, 0.05) is 29.1 Å². The third-order valence-electron chi connectivity index (χ3n) is 5.63. The average molecular weight is 480 g/mol. The molecule has 10 nitrogen and oxygen atoms in total. The van der Waals surface area contributed by atoms with Gasteiger partial charge in [0.2, 0.25) is 5.91 Å². The summed E-state index contributed by atoms with van der Waals surface area (Å²) >= 11 is 0. The number of carbonyl (C=O) groups is 3. The lowest BCUT2D eigenvalue weighted by molar-refractivity contribution is -0.147. The number of nitrogens with two attached hydrogens (primary N) is 2. The van der Waals surface area contributed by atoms with Crippen LogP contribution in [0, 0.1) is 10.8 Å². The molecule has 0 unspecified atom stereocenters. The highest BCUT2D eigenvalue weighted by atomic mass is 16.5. The molecule has 2 amide bonds. The fourth-order valence-electron chi connectivity index (χ4n) is 3.80. The van der Waals surface area contributed by atoms with Gasteiger partial charge in [-0.1, -0.05) is 56.3 Å². The van der Waals surface area contributed by atoms with E-state index in [-0.39, 0.29) is 50.3 Å². The SMILES string of the molecule is CC(C)C(=O)OCCN(N)/C1=C(\N)c2ccccc2N(C(=O)CCC(=O)N=O)Cc2ccccc21. The molecule has 35 heavy (non-hydrogen) atoms. The van der Waals surface area contributed by atoms with E-state index in [4.69, 9.17) is 16.3 Å². The minimum atomic E-state index is -0.877. The van der Waals surface area contributed by atoms with E-state index < -0.39 is 5.91 Å². The second-order valence-electron chi connectivity index (χ2n) is 8.42.